The molecule has 2 aromatic heterocycles. The van der Waals surface area contributed by atoms with E-state index in [0.29, 0.717) is 6.54 Å². The summed E-state index contributed by atoms with van der Waals surface area (Å²) in [6, 6.07) is 4.13. The summed E-state index contributed by atoms with van der Waals surface area (Å²) in [4.78, 5) is 5.83. The second-order valence-corrected chi connectivity index (χ2v) is 6.43. The number of aromatic nitrogens is 2. The minimum atomic E-state index is 0.527. The first-order valence-electron chi connectivity index (χ1n) is 5.58. The highest BCUT2D eigenvalue weighted by atomic mass is 79.9. The zero-order chi connectivity index (χ0) is 11.8. The average molecular weight is 313 g/mol. The lowest BCUT2D eigenvalue weighted by molar-refractivity contribution is 0.604. The number of rotatable bonds is 2. The van der Waals surface area contributed by atoms with Gasteiger partial charge in [-0.25, -0.2) is 4.98 Å². The van der Waals surface area contributed by atoms with Crippen LogP contribution in [0.25, 0.3) is 10.6 Å². The Bertz CT molecular complexity index is 546. The zero-order valence-corrected chi connectivity index (χ0v) is 11.6. The van der Waals surface area contributed by atoms with Gasteiger partial charge in [0, 0.05) is 19.6 Å². The van der Waals surface area contributed by atoms with Crippen LogP contribution in [0.1, 0.15) is 12.1 Å². The van der Waals surface area contributed by atoms with E-state index in [4.69, 9.17) is 5.73 Å². The second kappa shape index (κ2) is 4.44. The lowest BCUT2D eigenvalue weighted by atomic mass is 10.2. The summed E-state index contributed by atoms with van der Waals surface area (Å²) in [5.74, 6) is 0.955. The van der Waals surface area contributed by atoms with Gasteiger partial charge < -0.3 is 15.6 Å². The minimum absolute atomic E-state index is 0.527. The highest BCUT2D eigenvalue weighted by Gasteiger charge is 2.20. The van der Waals surface area contributed by atoms with Crippen molar-refractivity contribution in [1.82, 2.24) is 9.55 Å². The smallest absolute Gasteiger partial charge is 0.203 e. The number of fused-ring (bicyclic) bond motifs is 1. The number of hydrogen-bond acceptors (Lipinski definition) is 4. The molecule has 0 amide bonds. The fraction of sp³-hybridized carbons (Fsp3) is 0.364. The summed E-state index contributed by atoms with van der Waals surface area (Å²) in [7, 11) is 0. The maximum Gasteiger partial charge on any atom is 0.203 e. The normalized spacial score (nSPS) is 14.5. The quantitative estimate of drug-likeness (QED) is 0.896. The first-order chi connectivity index (χ1) is 8.29. The molecule has 0 saturated carbocycles. The third-order valence-electron chi connectivity index (χ3n) is 2.91. The molecule has 90 valence electrons. The number of thiophene rings is 1. The third-order valence-corrected chi connectivity index (χ3v) is 4.54. The summed E-state index contributed by atoms with van der Waals surface area (Å²) in [5, 5.41) is 3.32. The van der Waals surface area contributed by atoms with Gasteiger partial charge in [0.15, 0.2) is 0 Å². The van der Waals surface area contributed by atoms with Gasteiger partial charge >= 0.3 is 0 Å². The van der Waals surface area contributed by atoms with Gasteiger partial charge in [0.25, 0.3) is 0 Å². The Morgan fingerprint density at radius 3 is 3.12 bits per heavy atom. The highest BCUT2D eigenvalue weighted by Crippen LogP contribution is 2.34. The molecule has 1 aliphatic rings. The van der Waals surface area contributed by atoms with E-state index in [1.165, 1.54) is 4.88 Å². The Morgan fingerprint density at radius 1 is 1.53 bits per heavy atom. The van der Waals surface area contributed by atoms with Crippen LogP contribution in [0.5, 0.6) is 0 Å². The number of nitrogens with one attached hydrogen (secondary N) is 1. The molecule has 4 nitrogen and oxygen atoms in total. The number of imidazole rings is 1. The summed E-state index contributed by atoms with van der Waals surface area (Å²) in [6.45, 7) is 2.53. The minimum Gasteiger partial charge on any atom is -0.356 e. The molecule has 0 saturated heterocycles. The van der Waals surface area contributed by atoms with Crippen molar-refractivity contribution < 1.29 is 0 Å². The maximum atomic E-state index is 5.87. The van der Waals surface area contributed by atoms with E-state index >= 15 is 0 Å². The number of hydrogen-bond donors (Lipinski definition) is 2. The van der Waals surface area contributed by atoms with E-state index in [9.17, 15) is 0 Å². The lowest BCUT2D eigenvalue weighted by Crippen LogP contribution is -2.19. The van der Waals surface area contributed by atoms with Crippen LogP contribution in [0.15, 0.2) is 15.9 Å². The molecule has 0 bridgehead atoms. The van der Waals surface area contributed by atoms with Crippen LogP contribution in [-0.4, -0.2) is 16.1 Å². The molecule has 3 N–H and O–H groups in total. The maximum absolute atomic E-state index is 5.87. The summed E-state index contributed by atoms with van der Waals surface area (Å²) >= 11 is 5.18. The summed E-state index contributed by atoms with van der Waals surface area (Å²) in [5.41, 5.74) is 8.01. The Kier molecular flexibility index (Phi) is 2.94. The van der Waals surface area contributed by atoms with Gasteiger partial charge in [-0.15, -0.1) is 11.3 Å². The number of nitrogens with zero attached hydrogens (tertiary/aromatic N) is 2. The molecule has 3 heterocycles. The molecule has 0 aromatic carbocycles. The van der Waals surface area contributed by atoms with Gasteiger partial charge in [-0.2, -0.15) is 0 Å². The van der Waals surface area contributed by atoms with E-state index < -0.39 is 0 Å². The Hall–Kier alpha value is -0.850. The van der Waals surface area contributed by atoms with Gasteiger partial charge in [0.2, 0.25) is 5.95 Å². The molecule has 17 heavy (non-hydrogen) atoms. The lowest BCUT2D eigenvalue weighted by Gasteiger charge is -2.17. The van der Waals surface area contributed by atoms with Crippen molar-refractivity contribution in [3.63, 3.8) is 0 Å². The monoisotopic (exact) mass is 312 g/mol. The standard InChI is InChI=1S/C11H13BrN4S/c12-9-3-2-8(17-9)10-7(6-13)16-5-1-4-14-11(16)15-10/h2-3H,1,4-6,13H2,(H,14,15). The molecule has 0 radical (unpaired) electrons. The first-order valence-corrected chi connectivity index (χ1v) is 7.19. The van der Waals surface area contributed by atoms with Crippen molar-refractivity contribution >= 4 is 33.2 Å². The van der Waals surface area contributed by atoms with Crippen molar-refractivity contribution in [1.29, 1.82) is 0 Å². The van der Waals surface area contributed by atoms with Crippen LogP contribution >= 0.6 is 27.3 Å². The van der Waals surface area contributed by atoms with Gasteiger partial charge in [-0.3, -0.25) is 0 Å². The summed E-state index contributed by atoms with van der Waals surface area (Å²) in [6.07, 6.45) is 1.13. The van der Waals surface area contributed by atoms with Crippen molar-refractivity contribution in [2.45, 2.75) is 19.5 Å². The molecule has 1 aliphatic heterocycles. The molecular weight excluding hydrogens is 300 g/mol. The van der Waals surface area contributed by atoms with Crippen molar-refractivity contribution in [2.75, 3.05) is 11.9 Å². The predicted molar refractivity (Wildman–Crippen MR) is 74.2 cm³/mol. The van der Waals surface area contributed by atoms with Crippen LogP contribution in [0, 0.1) is 0 Å². The average Bonchev–Trinajstić information content (AvgIpc) is 2.91. The predicted octanol–water partition coefficient (Wildman–Crippen LogP) is 2.65. The molecule has 2 aromatic rings. The van der Waals surface area contributed by atoms with E-state index in [0.717, 1.165) is 40.6 Å². The van der Waals surface area contributed by atoms with Crippen LogP contribution < -0.4 is 11.1 Å². The number of halogens is 1. The first kappa shape index (κ1) is 11.3. The van der Waals surface area contributed by atoms with E-state index in [1.54, 1.807) is 11.3 Å². The fourth-order valence-electron chi connectivity index (χ4n) is 2.15. The van der Waals surface area contributed by atoms with Gasteiger partial charge in [0.05, 0.1) is 14.4 Å². The molecule has 0 spiro atoms. The van der Waals surface area contributed by atoms with E-state index in [2.05, 4.69) is 36.9 Å². The van der Waals surface area contributed by atoms with Crippen molar-refractivity contribution in [2.24, 2.45) is 5.73 Å². The molecule has 0 atom stereocenters. The molecule has 0 fully saturated rings. The highest BCUT2D eigenvalue weighted by molar-refractivity contribution is 9.11. The van der Waals surface area contributed by atoms with Crippen molar-refractivity contribution in [3.8, 4) is 10.6 Å². The molecule has 3 rings (SSSR count). The van der Waals surface area contributed by atoms with Crippen molar-refractivity contribution in [3.05, 3.63) is 21.6 Å². The van der Waals surface area contributed by atoms with Gasteiger partial charge in [0.1, 0.15) is 5.69 Å². The van der Waals surface area contributed by atoms with E-state index in [-0.39, 0.29) is 0 Å². The molecular formula is C11H13BrN4S. The summed E-state index contributed by atoms with van der Waals surface area (Å²) < 4.78 is 3.32. The van der Waals surface area contributed by atoms with Crippen LogP contribution in [0.4, 0.5) is 5.95 Å². The topological polar surface area (TPSA) is 55.9 Å². The molecule has 0 unspecified atom stereocenters. The Morgan fingerprint density at radius 2 is 2.41 bits per heavy atom. The number of anilines is 1. The zero-order valence-electron chi connectivity index (χ0n) is 9.24. The van der Waals surface area contributed by atoms with Gasteiger partial charge in [-0.1, -0.05) is 0 Å². The van der Waals surface area contributed by atoms with Crippen LogP contribution in [0.2, 0.25) is 0 Å². The second-order valence-electron chi connectivity index (χ2n) is 3.97. The Labute approximate surface area is 112 Å². The van der Waals surface area contributed by atoms with Gasteiger partial charge in [-0.05, 0) is 34.5 Å². The van der Waals surface area contributed by atoms with Crippen LogP contribution in [0.3, 0.4) is 0 Å². The molecule has 6 heteroatoms. The SMILES string of the molecule is NCc1c(-c2ccc(Br)s2)nc2n1CCCN2. The fourth-order valence-corrected chi connectivity index (χ4v) is 3.54. The molecule has 0 aliphatic carbocycles. The van der Waals surface area contributed by atoms with Crippen LogP contribution in [-0.2, 0) is 13.1 Å². The third kappa shape index (κ3) is 1.90. The Balaban J connectivity index is 2.13. The van der Waals surface area contributed by atoms with E-state index in [1.807, 2.05) is 6.07 Å². The largest absolute Gasteiger partial charge is 0.356 e. The number of nitrogens with two attached hydrogens (primary N) is 1.